The van der Waals surface area contributed by atoms with E-state index in [1.165, 1.54) is 24.5 Å². The van der Waals surface area contributed by atoms with E-state index in [1.807, 2.05) is 0 Å². The van der Waals surface area contributed by atoms with Crippen molar-refractivity contribution in [2.24, 2.45) is 0 Å². The number of rotatable bonds is 3. The molecule has 5 heteroatoms. The van der Waals surface area contributed by atoms with Crippen LogP contribution in [0.25, 0.3) is 0 Å². The molecule has 77 valence electrons. The number of carbonyl (C=O) groups is 1. The summed E-state index contributed by atoms with van der Waals surface area (Å²) in [4.78, 5) is 11.3. The molecule has 15 heavy (non-hydrogen) atoms. The Balaban J connectivity index is 2.56. The summed E-state index contributed by atoms with van der Waals surface area (Å²) in [5, 5.41) is 22.7. The largest absolute Gasteiger partial charge is 0.465 e. The van der Waals surface area contributed by atoms with E-state index in [4.69, 9.17) is 4.42 Å². The van der Waals surface area contributed by atoms with Crippen LogP contribution in [0.3, 0.4) is 0 Å². The van der Waals surface area contributed by atoms with E-state index >= 15 is 0 Å². The van der Waals surface area contributed by atoms with Gasteiger partial charge in [-0.05, 0) is 23.6 Å². The van der Waals surface area contributed by atoms with Crippen LogP contribution in [-0.2, 0) is 15.5 Å². The Kier molecular flexibility index (Phi) is 2.34. The van der Waals surface area contributed by atoms with E-state index in [2.05, 4.69) is 0 Å². The van der Waals surface area contributed by atoms with Gasteiger partial charge < -0.3 is 9.52 Å². The van der Waals surface area contributed by atoms with Crippen molar-refractivity contribution < 1.29 is 19.4 Å². The smallest absolute Gasteiger partial charge is 0.400 e. The maximum atomic E-state index is 11.0. The maximum Gasteiger partial charge on any atom is 0.400 e. The zero-order valence-electron chi connectivity index (χ0n) is 7.54. The minimum Gasteiger partial charge on any atom is -0.465 e. The summed E-state index contributed by atoms with van der Waals surface area (Å²) in [6, 6.07) is 6.08. The Morgan fingerprint density at radius 3 is 2.67 bits per heavy atom. The molecule has 0 spiro atoms. The number of hydrogen-bond donors (Lipinski definition) is 1. The third kappa shape index (κ3) is 1.45. The molecule has 0 aliphatic rings. The third-order valence-electron chi connectivity index (χ3n) is 2.05. The summed E-state index contributed by atoms with van der Waals surface area (Å²) in [6.07, 6.45) is 1.30. The Morgan fingerprint density at radius 2 is 2.20 bits per heavy atom. The van der Waals surface area contributed by atoms with Crippen molar-refractivity contribution in [1.82, 2.24) is 0 Å². The summed E-state index contributed by atoms with van der Waals surface area (Å²) < 4.78 is 4.92. The van der Waals surface area contributed by atoms with E-state index < -0.39 is 11.6 Å². The van der Waals surface area contributed by atoms with Gasteiger partial charge in [-0.1, -0.05) is 6.07 Å². The fourth-order valence-corrected chi connectivity index (χ4v) is 2.11. The molecular weight excluding hydrogens is 216 g/mol. The number of aliphatic hydroxyl groups is 1. The second-order valence-corrected chi connectivity index (χ2v) is 3.90. The summed E-state index contributed by atoms with van der Waals surface area (Å²) >= 11 is 1.13. The highest BCUT2D eigenvalue weighted by molar-refractivity contribution is 7.10. The monoisotopic (exact) mass is 223 g/mol. The number of carbonyl (C=O) groups excluding carboxylic acids is 1. The average Bonchev–Trinajstić information content (AvgIpc) is 2.89. The second-order valence-electron chi connectivity index (χ2n) is 2.95. The van der Waals surface area contributed by atoms with Crippen molar-refractivity contribution in [2.75, 3.05) is 0 Å². The number of furan rings is 1. The second kappa shape index (κ2) is 3.52. The van der Waals surface area contributed by atoms with Gasteiger partial charge in [0.25, 0.3) is 5.60 Å². The first-order valence-corrected chi connectivity index (χ1v) is 5.05. The van der Waals surface area contributed by atoms with E-state index in [-0.39, 0.29) is 10.6 Å². The van der Waals surface area contributed by atoms with Gasteiger partial charge in [0.2, 0.25) is 0 Å². The van der Waals surface area contributed by atoms with Crippen LogP contribution >= 0.6 is 11.3 Å². The van der Waals surface area contributed by atoms with Crippen LogP contribution in [0.4, 0.5) is 0 Å². The van der Waals surface area contributed by atoms with Gasteiger partial charge >= 0.3 is 5.97 Å². The fraction of sp³-hybridized carbons (Fsp3) is 0.100. The van der Waals surface area contributed by atoms with E-state index in [9.17, 15) is 15.0 Å². The highest BCUT2D eigenvalue weighted by Crippen LogP contribution is 2.33. The molecule has 0 saturated heterocycles. The average molecular weight is 223 g/mol. The normalized spacial score (nSPS) is 14.7. The minimum atomic E-state index is -2.20. The van der Waals surface area contributed by atoms with Crippen LogP contribution in [-0.4, -0.2) is 11.1 Å². The van der Waals surface area contributed by atoms with Crippen molar-refractivity contribution in [2.45, 2.75) is 5.60 Å². The minimum absolute atomic E-state index is 0.0510. The van der Waals surface area contributed by atoms with Crippen LogP contribution in [0.2, 0.25) is 0 Å². The SMILES string of the molecule is [O]C(=O)C(O)(c1ccco1)c1cccs1. The Labute approximate surface area is 89.4 Å². The fourth-order valence-electron chi connectivity index (χ4n) is 1.29. The Bertz CT molecular complexity index is 409. The van der Waals surface area contributed by atoms with Gasteiger partial charge in [-0.3, -0.25) is 0 Å². The molecule has 2 aromatic rings. The van der Waals surface area contributed by atoms with E-state index in [1.54, 1.807) is 11.4 Å². The van der Waals surface area contributed by atoms with Gasteiger partial charge in [0.15, 0.2) is 5.76 Å². The third-order valence-corrected chi connectivity index (χ3v) is 3.03. The highest BCUT2D eigenvalue weighted by Gasteiger charge is 2.45. The van der Waals surface area contributed by atoms with Crippen LogP contribution < -0.4 is 0 Å². The predicted molar refractivity (Wildman–Crippen MR) is 51.7 cm³/mol. The molecule has 2 heterocycles. The van der Waals surface area contributed by atoms with Gasteiger partial charge in [-0.25, -0.2) is 9.90 Å². The first-order valence-electron chi connectivity index (χ1n) is 4.17. The van der Waals surface area contributed by atoms with Gasteiger partial charge in [0.05, 0.1) is 11.1 Å². The molecule has 1 atom stereocenters. The van der Waals surface area contributed by atoms with Gasteiger partial charge in [-0.15, -0.1) is 11.3 Å². The van der Waals surface area contributed by atoms with Gasteiger partial charge in [0.1, 0.15) is 0 Å². The van der Waals surface area contributed by atoms with Crippen molar-refractivity contribution in [3.63, 3.8) is 0 Å². The van der Waals surface area contributed by atoms with Gasteiger partial charge in [-0.2, -0.15) is 0 Å². The maximum absolute atomic E-state index is 11.0. The van der Waals surface area contributed by atoms with Crippen LogP contribution in [0.1, 0.15) is 10.6 Å². The molecule has 2 aromatic heterocycles. The molecule has 0 saturated carbocycles. The molecule has 4 nitrogen and oxygen atoms in total. The van der Waals surface area contributed by atoms with E-state index in [0.29, 0.717) is 0 Å². The molecule has 1 N–H and O–H groups in total. The lowest BCUT2D eigenvalue weighted by Crippen LogP contribution is -2.34. The van der Waals surface area contributed by atoms with Crippen LogP contribution in [0.5, 0.6) is 0 Å². The Hall–Kier alpha value is -1.59. The van der Waals surface area contributed by atoms with Crippen molar-refractivity contribution >= 4 is 17.3 Å². The standard InChI is InChI=1S/C10H7O4S/c11-9(12)10(13,7-3-1-5-14-7)8-4-2-6-15-8/h1-6,13H. The lowest BCUT2D eigenvalue weighted by Gasteiger charge is -2.17. The lowest BCUT2D eigenvalue weighted by atomic mass is 9.99. The molecule has 0 amide bonds. The highest BCUT2D eigenvalue weighted by atomic mass is 32.1. The summed E-state index contributed by atoms with van der Waals surface area (Å²) in [5.41, 5.74) is -2.20. The van der Waals surface area contributed by atoms with Gasteiger partial charge in [0, 0.05) is 0 Å². The molecule has 0 aliphatic carbocycles. The molecular formula is C10H7O4S. The van der Waals surface area contributed by atoms with E-state index in [0.717, 1.165) is 11.3 Å². The first-order chi connectivity index (χ1) is 7.15. The predicted octanol–water partition coefficient (Wildman–Crippen LogP) is 1.53. The van der Waals surface area contributed by atoms with Crippen LogP contribution in [0, 0.1) is 0 Å². The number of thiophene rings is 1. The topological polar surface area (TPSA) is 70.3 Å². The van der Waals surface area contributed by atoms with Crippen LogP contribution in [0.15, 0.2) is 40.3 Å². The first kappa shape index (κ1) is 9.95. The summed E-state index contributed by atoms with van der Waals surface area (Å²) in [6.45, 7) is 0. The zero-order chi connectivity index (χ0) is 10.9. The van der Waals surface area contributed by atoms with Crippen molar-refractivity contribution in [3.05, 3.63) is 46.5 Å². The molecule has 1 radical (unpaired) electrons. The quantitative estimate of drug-likeness (QED) is 0.857. The van der Waals surface area contributed by atoms with Crippen molar-refractivity contribution in [1.29, 1.82) is 0 Å². The Morgan fingerprint density at radius 1 is 1.40 bits per heavy atom. The number of hydrogen-bond acceptors (Lipinski definition) is 4. The molecule has 1 unspecified atom stereocenters. The van der Waals surface area contributed by atoms with Crippen molar-refractivity contribution in [3.8, 4) is 0 Å². The molecule has 2 rings (SSSR count). The molecule has 0 fully saturated rings. The molecule has 0 bridgehead atoms. The summed E-state index contributed by atoms with van der Waals surface area (Å²) in [7, 11) is 0. The lowest BCUT2D eigenvalue weighted by molar-refractivity contribution is -0.163. The molecule has 0 aliphatic heterocycles. The zero-order valence-corrected chi connectivity index (χ0v) is 8.36. The summed E-state index contributed by atoms with van der Waals surface area (Å²) in [5.74, 6) is -1.65. The molecule has 0 aromatic carbocycles.